The lowest BCUT2D eigenvalue weighted by atomic mass is 10.0. The number of nitrogens with two attached hydrogens (primary N) is 1. The Morgan fingerprint density at radius 1 is 1.03 bits per heavy atom. The van der Waals surface area contributed by atoms with Crippen LogP contribution in [0.25, 0.3) is 32.9 Å². The van der Waals surface area contributed by atoms with Crippen molar-refractivity contribution in [3.05, 3.63) is 66.1 Å². The molecule has 2 aromatic carbocycles. The maximum atomic E-state index is 14.4. The van der Waals surface area contributed by atoms with Gasteiger partial charge in [0.15, 0.2) is 0 Å². The predicted molar refractivity (Wildman–Crippen MR) is 242 cm³/mol. The van der Waals surface area contributed by atoms with Gasteiger partial charge in [-0.25, -0.2) is 18.2 Å². The molecule has 3 heterocycles. The Morgan fingerprint density at radius 2 is 1.78 bits per heavy atom. The molecule has 2 aromatic heterocycles. The normalized spacial score (nSPS) is 21.8. The van der Waals surface area contributed by atoms with E-state index >= 15 is 0 Å². The van der Waals surface area contributed by atoms with Gasteiger partial charge in [0.2, 0.25) is 27.7 Å². The first-order chi connectivity index (χ1) is 29.8. The number of imidazole rings is 1. The smallest absolute Gasteiger partial charge is 0.408 e. The molecule has 4 N–H and O–H groups in total. The zero-order valence-electron chi connectivity index (χ0n) is 36.8. The Bertz CT molecular complexity index is 2470. The highest BCUT2D eigenvalue weighted by Crippen LogP contribution is 2.54. The fourth-order valence-electron chi connectivity index (χ4n) is 8.21. The van der Waals surface area contributed by atoms with Crippen molar-refractivity contribution in [3.8, 4) is 27.8 Å². The molecule has 338 valence electrons. The number of allylic oxidation sites excluding steroid dienone is 2. The van der Waals surface area contributed by atoms with Crippen LogP contribution in [0.2, 0.25) is 0 Å². The summed E-state index contributed by atoms with van der Waals surface area (Å²) in [7, 11) is -3.58. The highest BCUT2D eigenvalue weighted by atomic mass is 32.2. The number of alkyl carbamates (subject to hydrolysis) is 1. The van der Waals surface area contributed by atoms with Crippen LogP contribution in [0, 0.1) is 11.3 Å². The van der Waals surface area contributed by atoms with Gasteiger partial charge >= 0.3 is 6.09 Å². The molecule has 4 amide bonds. The van der Waals surface area contributed by atoms with Gasteiger partial charge in [0.05, 0.1) is 23.0 Å². The molecular formula is C46H59N7O8S2. The number of thiazole rings is 1. The van der Waals surface area contributed by atoms with Crippen molar-refractivity contribution in [1.29, 1.82) is 0 Å². The van der Waals surface area contributed by atoms with Crippen LogP contribution < -0.4 is 20.5 Å². The number of unbranched alkanes of at least 4 members (excludes halogenated alkanes) is 3. The second-order valence-corrected chi connectivity index (χ2v) is 21.4. The van der Waals surface area contributed by atoms with E-state index in [2.05, 4.69) is 10.0 Å². The van der Waals surface area contributed by atoms with E-state index in [0.717, 1.165) is 52.1 Å². The Labute approximate surface area is 373 Å². The monoisotopic (exact) mass is 901 g/mol. The molecule has 3 aliphatic rings. The summed E-state index contributed by atoms with van der Waals surface area (Å²) >= 11 is 1.54. The Hall–Kier alpha value is -5.29. The molecule has 2 saturated carbocycles. The molecule has 1 saturated heterocycles. The highest BCUT2D eigenvalue weighted by molar-refractivity contribution is 7.90. The average molecular weight is 902 g/mol. The number of aromatic nitrogens is 3. The number of fused-ring (bicyclic) bond motifs is 1. The fourth-order valence-corrected chi connectivity index (χ4v) is 10.4. The molecule has 0 radical (unpaired) electrons. The molecule has 63 heavy (non-hydrogen) atoms. The minimum Gasteiger partial charge on any atom is -0.459 e. The van der Waals surface area contributed by atoms with E-state index in [0.29, 0.717) is 38.1 Å². The summed E-state index contributed by atoms with van der Waals surface area (Å²) in [6.07, 6.45) is 7.67. The van der Waals surface area contributed by atoms with Crippen molar-refractivity contribution in [2.75, 3.05) is 6.54 Å². The van der Waals surface area contributed by atoms with Gasteiger partial charge < -0.3 is 25.4 Å². The van der Waals surface area contributed by atoms with E-state index < -0.39 is 62.9 Å². The average Bonchev–Trinajstić information content (AvgIpc) is 4.02. The number of hydrogen-bond acceptors (Lipinski definition) is 11. The number of hydrogen-bond donors (Lipinski definition) is 3. The van der Waals surface area contributed by atoms with Crippen LogP contribution >= 0.6 is 11.3 Å². The third kappa shape index (κ3) is 10.9. The Kier molecular flexibility index (Phi) is 13.4. The summed E-state index contributed by atoms with van der Waals surface area (Å²) in [4.78, 5) is 64.3. The largest absolute Gasteiger partial charge is 0.459 e. The maximum Gasteiger partial charge on any atom is 0.408 e. The van der Waals surface area contributed by atoms with E-state index in [4.69, 9.17) is 25.2 Å². The van der Waals surface area contributed by atoms with Gasteiger partial charge in [-0.15, -0.1) is 11.3 Å². The third-order valence-corrected chi connectivity index (χ3v) is 14.5. The quantitative estimate of drug-likeness (QED) is 0.0673. The minimum absolute atomic E-state index is 0.0432. The lowest BCUT2D eigenvalue weighted by Gasteiger charge is -2.28. The van der Waals surface area contributed by atoms with Gasteiger partial charge in [-0.2, -0.15) is 4.98 Å². The topological polar surface area (TPSA) is 205 Å². The molecule has 17 heteroatoms. The Balaban J connectivity index is 1.00. The van der Waals surface area contributed by atoms with Crippen LogP contribution in [0.3, 0.4) is 0 Å². The predicted octanol–water partition coefficient (Wildman–Crippen LogP) is 7.28. The number of likely N-dealkylation sites (tertiary alicyclic amines) is 1. The molecular weight excluding hydrogens is 843 g/mol. The van der Waals surface area contributed by atoms with E-state index in [1.54, 1.807) is 20.8 Å². The highest BCUT2D eigenvalue weighted by Gasteiger charge is 2.54. The minimum atomic E-state index is -3.58. The zero-order valence-corrected chi connectivity index (χ0v) is 38.5. The van der Waals surface area contributed by atoms with Crippen LogP contribution in [0.4, 0.5) is 4.79 Å². The number of carbonyl (C=O) groups excluding carboxylic acids is 4. The molecule has 5 atom stereocenters. The van der Waals surface area contributed by atoms with Crippen LogP contribution in [-0.4, -0.2) is 87.3 Å². The zero-order chi connectivity index (χ0) is 45.3. The van der Waals surface area contributed by atoms with Gasteiger partial charge in [-0.05, 0) is 90.7 Å². The van der Waals surface area contributed by atoms with Crippen molar-refractivity contribution in [2.24, 2.45) is 17.1 Å². The number of carbonyl (C=O) groups is 4. The second-order valence-electron chi connectivity index (χ2n) is 18.5. The standard InChI is InChI=1S/C46H59N7O8S2/c1-28(2)53-36-20-15-18-32(41-48-35(27-62-41)29-16-11-10-12-17-29)38(36)50-43(53)60-30-24-37(39(47)54)52(26-30)42(56)34(49-44(57)61-45(3,4)5)19-13-8-7-9-14-23-46(6)25-33(46)40(55)51-63(58,59)31-21-22-31/h10-12,14-18,20,23,27-28,30-31,33-34,37H,7-9,13,19,21-22,24-26H2,1-6H3,(H2,47,54)(H,49,57)(H,51,55)/b23-14-/t30?,33-,34+,37+,46?/m1/s1. The molecule has 1 aliphatic heterocycles. The number of amides is 4. The number of ether oxygens (including phenoxy) is 2. The molecule has 0 bridgehead atoms. The first-order valence-corrected chi connectivity index (χ1v) is 24.3. The lowest BCUT2D eigenvalue weighted by Crippen LogP contribution is -2.53. The molecule has 2 aliphatic carbocycles. The third-order valence-electron chi connectivity index (χ3n) is 11.8. The number of rotatable bonds is 18. The SMILES string of the molecule is CC(C)n1c(OC2C[C@@H](C(N)=O)N(C(=O)[C@H](CCCCC/C=C\C3(C)C[C@@H]3C(=O)NS(=O)(=O)C3CC3)NC(=O)OC(C)(C)C)C2)nc2c(-c3nc(-c4ccccc4)cs3)cccc21. The van der Waals surface area contributed by atoms with E-state index in [9.17, 15) is 27.6 Å². The molecule has 4 aromatic rings. The van der Waals surface area contributed by atoms with Crippen LogP contribution in [0.1, 0.15) is 105 Å². The summed E-state index contributed by atoms with van der Waals surface area (Å²) in [5.41, 5.74) is 9.08. The fraction of sp³-hybridized carbons (Fsp3) is 0.522. The van der Waals surface area contributed by atoms with Crippen LogP contribution in [-0.2, 0) is 29.1 Å². The maximum absolute atomic E-state index is 14.4. The van der Waals surface area contributed by atoms with E-state index in [-0.39, 0.29) is 30.3 Å². The van der Waals surface area contributed by atoms with E-state index in [1.165, 1.54) is 16.2 Å². The van der Waals surface area contributed by atoms with Crippen molar-refractivity contribution in [2.45, 2.75) is 134 Å². The first kappa shape index (κ1) is 45.7. The summed E-state index contributed by atoms with van der Waals surface area (Å²) in [6.45, 7) is 11.3. The van der Waals surface area contributed by atoms with Crippen molar-refractivity contribution in [3.63, 3.8) is 0 Å². The van der Waals surface area contributed by atoms with Gasteiger partial charge in [0.25, 0.3) is 6.01 Å². The number of benzene rings is 2. The summed E-state index contributed by atoms with van der Waals surface area (Å²) < 4.78 is 40.8. The molecule has 2 unspecified atom stereocenters. The molecule has 0 spiro atoms. The first-order valence-electron chi connectivity index (χ1n) is 21.8. The lowest BCUT2D eigenvalue weighted by molar-refractivity contribution is -0.139. The van der Waals surface area contributed by atoms with Crippen molar-refractivity contribution < 1.29 is 37.1 Å². The number of nitrogens with one attached hydrogen (secondary N) is 2. The van der Waals surface area contributed by atoms with E-state index in [1.807, 2.05) is 91.4 Å². The number of primary amides is 1. The number of nitrogens with zero attached hydrogens (tertiary/aromatic N) is 4. The van der Waals surface area contributed by atoms with Gasteiger partial charge in [0.1, 0.15) is 34.3 Å². The van der Waals surface area contributed by atoms with Gasteiger partial charge in [-0.3, -0.25) is 23.7 Å². The Morgan fingerprint density at radius 3 is 2.46 bits per heavy atom. The van der Waals surface area contributed by atoms with Crippen molar-refractivity contribution >= 4 is 56.2 Å². The summed E-state index contributed by atoms with van der Waals surface area (Å²) in [6, 6.07) is 14.3. The van der Waals surface area contributed by atoms with Gasteiger partial charge in [-0.1, -0.05) is 68.3 Å². The number of para-hydroxylation sites is 1. The van der Waals surface area contributed by atoms with Crippen LogP contribution in [0.5, 0.6) is 6.01 Å². The van der Waals surface area contributed by atoms with Gasteiger partial charge in [0, 0.05) is 34.9 Å². The van der Waals surface area contributed by atoms with Crippen molar-refractivity contribution in [1.82, 2.24) is 29.5 Å². The van der Waals surface area contributed by atoms with Crippen LogP contribution in [0.15, 0.2) is 66.1 Å². The molecule has 15 nitrogen and oxygen atoms in total. The second kappa shape index (κ2) is 18.4. The summed E-state index contributed by atoms with van der Waals surface area (Å²) in [5, 5.41) is 5.16. The number of sulfonamides is 1. The molecule has 3 fully saturated rings. The summed E-state index contributed by atoms with van der Waals surface area (Å²) in [5.74, 6) is -1.95. The molecule has 7 rings (SSSR count).